The van der Waals surface area contributed by atoms with Crippen LogP contribution >= 0.6 is 0 Å². The number of benzene rings is 2. The Kier molecular flexibility index (Phi) is 17.4. The number of nitrogens with zero attached hydrogens (tertiary/aromatic N) is 2. The molecule has 1 heterocycles. The minimum Gasteiger partial charge on any atom is -0.493 e. The van der Waals surface area contributed by atoms with E-state index in [1.165, 1.54) is 95.9 Å². The zero-order valence-electron chi connectivity index (χ0n) is 28.4. The second-order valence-corrected chi connectivity index (χ2v) is 12.7. The van der Waals surface area contributed by atoms with E-state index in [-0.39, 0.29) is 16.5 Å². The topological polar surface area (TPSA) is 25.3 Å². The molecule has 2 aromatic rings. The van der Waals surface area contributed by atoms with Gasteiger partial charge in [-0.25, -0.2) is 4.70 Å². The first-order valence-corrected chi connectivity index (χ1v) is 17.7. The number of unbranched alkanes of at least 4 members (excludes halogenated alkanes) is 6. The van der Waals surface area contributed by atoms with Gasteiger partial charge in [0.05, 0.1) is 0 Å². The van der Waals surface area contributed by atoms with Gasteiger partial charge in [0.1, 0.15) is 0 Å². The Morgan fingerprint density at radius 2 is 0.674 bits per heavy atom. The van der Waals surface area contributed by atoms with Crippen LogP contribution in [-0.4, -0.2) is 4.70 Å². The molecular formula is C40H60N2Ni. The molecule has 240 valence electrons. The molecular weight excluding hydrogens is 567 g/mol. The van der Waals surface area contributed by atoms with Crippen LogP contribution in [0.5, 0.6) is 0 Å². The second kappa shape index (κ2) is 20.1. The van der Waals surface area contributed by atoms with Gasteiger partial charge < -0.3 is 5.53 Å². The van der Waals surface area contributed by atoms with Gasteiger partial charge in [-0.1, -0.05) is 92.2 Å². The summed E-state index contributed by atoms with van der Waals surface area (Å²) >= 11 is 0. The molecule has 0 atom stereocenters. The summed E-state index contributed by atoms with van der Waals surface area (Å²) in [5.41, 5.74) is 25.2. The van der Waals surface area contributed by atoms with Crippen LogP contribution in [0.15, 0.2) is 47.5 Å². The van der Waals surface area contributed by atoms with Crippen molar-refractivity contribution in [1.29, 1.82) is 0 Å². The first kappa shape index (κ1) is 37.2. The van der Waals surface area contributed by atoms with Gasteiger partial charge in [-0.05, 0) is 124 Å². The largest absolute Gasteiger partial charge is 0.493 e. The molecule has 0 spiro atoms. The van der Waals surface area contributed by atoms with E-state index in [1.54, 1.807) is 4.70 Å². The minimum absolute atomic E-state index is 0. The van der Waals surface area contributed by atoms with Crippen molar-refractivity contribution in [2.75, 3.05) is 0 Å². The zero-order chi connectivity index (χ0) is 30.3. The van der Waals surface area contributed by atoms with Crippen LogP contribution in [0.1, 0.15) is 165 Å². The predicted molar refractivity (Wildman–Crippen MR) is 184 cm³/mol. The smallest absolute Gasteiger partial charge is 0.211 e. The van der Waals surface area contributed by atoms with E-state index in [9.17, 15) is 5.53 Å². The molecule has 0 saturated carbocycles. The molecule has 0 unspecified atom stereocenters. The van der Waals surface area contributed by atoms with Gasteiger partial charge in [0, 0.05) is 38.8 Å². The van der Waals surface area contributed by atoms with E-state index < -0.39 is 0 Å². The van der Waals surface area contributed by atoms with Crippen LogP contribution in [0.3, 0.4) is 0 Å². The summed E-state index contributed by atoms with van der Waals surface area (Å²) in [5.74, 6) is 0. The molecule has 43 heavy (non-hydrogen) atoms. The van der Waals surface area contributed by atoms with Crippen molar-refractivity contribution in [2.24, 2.45) is 0 Å². The normalized spacial score (nSPS) is 13.3. The summed E-state index contributed by atoms with van der Waals surface area (Å²) in [4.78, 5) is 0. The second-order valence-electron chi connectivity index (χ2n) is 12.7. The molecule has 1 aliphatic heterocycles. The van der Waals surface area contributed by atoms with Gasteiger partial charge >= 0.3 is 0 Å². The molecule has 0 aromatic heterocycles. The van der Waals surface area contributed by atoms with Gasteiger partial charge in [-0.3, -0.25) is 0 Å². The number of allylic oxidation sites excluding steroid dienone is 2. The van der Waals surface area contributed by atoms with Crippen LogP contribution in [0.4, 0.5) is 0 Å². The van der Waals surface area contributed by atoms with E-state index in [4.69, 9.17) is 0 Å². The summed E-state index contributed by atoms with van der Waals surface area (Å²) in [7, 11) is 0. The molecule has 0 N–H and O–H groups in total. The number of aryl methyl sites for hydroxylation is 4. The Bertz CT molecular complexity index is 1070. The van der Waals surface area contributed by atoms with Gasteiger partial charge in [0.25, 0.3) is 0 Å². The van der Waals surface area contributed by atoms with Gasteiger partial charge in [-0.15, -0.1) is 0 Å². The molecule has 0 saturated heterocycles. The molecule has 0 fully saturated rings. The van der Waals surface area contributed by atoms with Crippen molar-refractivity contribution in [1.82, 2.24) is 0 Å². The SMILES string of the molecule is CCCCC1=C(c2cc(CCCC)cc(CCCC)c2)[N+](=[N-])C(c2cc(CCCC)cc(CCCC)c2)=C1CCCC.[Ni]. The molecule has 3 rings (SSSR count). The third-order valence-electron chi connectivity index (χ3n) is 8.85. The minimum atomic E-state index is 0. The maximum atomic E-state index is 12.3. The van der Waals surface area contributed by atoms with Crippen LogP contribution in [0.25, 0.3) is 16.9 Å². The molecule has 2 aromatic carbocycles. The quantitative estimate of drug-likeness (QED) is 0.103. The Hall–Kier alpha value is -1.99. The first-order valence-electron chi connectivity index (χ1n) is 17.7. The third-order valence-corrected chi connectivity index (χ3v) is 8.85. The van der Waals surface area contributed by atoms with Crippen molar-refractivity contribution in [3.05, 3.63) is 86.5 Å². The first-order chi connectivity index (χ1) is 20.5. The molecule has 2 nitrogen and oxygen atoms in total. The standard InChI is InChI=1S/C40H60N2.Ni/c1-7-13-19-31-25-32(20-14-8-2)28-35(27-31)39-37(23-17-11-5)38(24-18-12-6)40(42(39)41)36-29-33(21-15-9-3)26-34(30-36)22-16-10-4;/h25-30H,7-24H2,1-6H3;. The van der Waals surface area contributed by atoms with Gasteiger partial charge in [0.15, 0.2) is 0 Å². The van der Waals surface area contributed by atoms with Crippen molar-refractivity contribution in [2.45, 2.75) is 157 Å². The molecule has 3 heteroatoms. The van der Waals surface area contributed by atoms with Crippen molar-refractivity contribution in [3.63, 3.8) is 0 Å². The summed E-state index contributed by atoms with van der Waals surface area (Å²) < 4.78 is 1.63. The fraction of sp³-hybridized carbons (Fsp3) is 0.600. The van der Waals surface area contributed by atoms with E-state index >= 15 is 0 Å². The molecule has 0 radical (unpaired) electrons. The third kappa shape index (κ3) is 10.6. The maximum absolute atomic E-state index is 12.3. The Morgan fingerprint density at radius 1 is 0.419 bits per heavy atom. The monoisotopic (exact) mass is 626 g/mol. The predicted octanol–water partition coefficient (Wildman–Crippen LogP) is 12.6. The van der Waals surface area contributed by atoms with E-state index in [0.717, 1.165) is 75.6 Å². The Labute approximate surface area is 275 Å². The van der Waals surface area contributed by atoms with Crippen LogP contribution in [-0.2, 0) is 42.2 Å². The fourth-order valence-electron chi connectivity index (χ4n) is 6.39. The van der Waals surface area contributed by atoms with E-state index in [0.29, 0.717) is 0 Å². The average Bonchev–Trinajstić information content (AvgIpc) is 3.28. The van der Waals surface area contributed by atoms with Crippen molar-refractivity contribution < 1.29 is 21.2 Å². The van der Waals surface area contributed by atoms with Crippen LogP contribution in [0, 0.1) is 0 Å². The van der Waals surface area contributed by atoms with Crippen LogP contribution < -0.4 is 0 Å². The fourth-order valence-corrected chi connectivity index (χ4v) is 6.39. The Morgan fingerprint density at radius 3 is 0.930 bits per heavy atom. The van der Waals surface area contributed by atoms with Gasteiger partial charge in [-0.2, -0.15) is 0 Å². The summed E-state index contributed by atoms with van der Waals surface area (Å²) in [6, 6.07) is 14.4. The number of hydrogen-bond donors (Lipinski definition) is 0. The Balaban J connectivity index is 0.00000645. The number of hydrogen-bond acceptors (Lipinski definition) is 0. The van der Waals surface area contributed by atoms with Gasteiger partial charge in [0.2, 0.25) is 11.4 Å². The van der Waals surface area contributed by atoms with Crippen molar-refractivity contribution in [3.8, 4) is 0 Å². The van der Waals surface area contributed by atoms with E-state index in [1.807, 2.05) is 0 Å². The van der Waals surface area contributed by atoms with Crippen LogP contribution in [0.2, 0.25) is 0 Å². The van der Waals surface area contributed by atoms with E-state index in [2.05, 4.69) is 77.9 Å². The summed E-state index contributed by atoms with van der Waals surface area (Å²) in [5, 5.41) is 0. The summed E-state index contributed by atoms with van der Waals surface area (Å²) in [6.07, 6.45) is 20.7. The zero-order valence-corrected chi connectivity index (χ0v) is 29.4. The molecule has 0 aliphatic carbocycles. The molecule has 0 bridgehead atoms. The average molecular weight is 628 g/mol. The summed E-state index contributed by atoms with van der Waals surface area (Å²) in [6.45, 7) is 13.7. The number of rotatable bonds is 20. The molecule has 1 aliphatic rings. The van der Waals surface area contributed by atoms with Crippen molar-refractivity contribution >= 4 is 11.4 Å². The molecule has 0 amide bonds. The maximum Gasteiger partial charge on any atom is 0.211 e.